The van der Waals surface area contributed by atoms with Crippen molar-refractivity contribution in [2.24, 2.45) is 5.41 Å². The van der Waals surface area contributed by atoms with Crippen LogP contribution in [0.4, 0.5) is 5.69 Å². The lowest BCUT2D eigenvalue weighted by Gasteiger charge is -2.36. The van der Waals surface area contributed by atoms with Gasteiger partial charge in [-0.3, -0.25) is 19.3 Å². The Hall–Kier alpha value is -2.37. The first-order valence-corrected chi connectivity index (χ1v) is 10.3. The van der Waals surface area contributed by atoms with Gasteiger partial charge < -0.3 is 10.1 Å². The van der Waals surface area contributed by atoms with Crippen LogP contribution in [0.25, 0.3) is 0 Å². The lowest BCUT2D eigenvalue weighted by molar-refractivity contribution is -0.128. The summed E-state index contributed by atoms with van der Waals surface area (Å²) in [5, 5.41) is 3.04. The smallest absolute Gasteiger partial charge is 0.268 e. The summed E-state index contributed by atoms with van der Waals surface area (Å²) < 4.78 is 5.68. The van der Waals surface area contributed by atoms with E-state index in [1.165, 1.54) is 4.90 Å². The van der Waals surface area contributed by atoms with Crippen LogP contribution in [0.15, 0.2) is 18.2 Å². The number of nitrogens with zero attached hydrogens (tertiary/aromatic N) is 1. The van der Waals surface area contributed by atoms with E-state index < -0.39 is 11.6 Å². The van der Waals surface area contributed by atoms with E-state index in [-0.39, 0.29) is 29.6 Å². The summed E-state index contributed by atoms with van der Waals surface area (Å²) in [5.41, 5.74) is 0.646. The number of carbonyl (C=O) groups is 3. The molecular formula is C23H34N2O4. The molecule has 1 aliphatic rings. The molecular weight excluding hydrogens is 368 g/mol. The fourth-order valence-corrected chi connectivity index (χ4v) is 4.05. The van der Waals surface area contributed by atoms with E-state index >= 15 is 0 Å². The molecule has 0 saturated carbocycles. The van der Waals surface area contributed by atoms with E-state index in [0.29, 0.717) is 23.4 Å². The highest BCUT2D eigenvalue weighted by Gasteiger charge is 2.35. The Morgan fingerprint density at radius 3 is 2.41 bits per heavy atom. The van der Waals surface area contributed by atoms with Gasteiger partial charge in [0.1, 0.15) is 12.3 Å². The van der Waals surface area contributed by atoms with E-state index in [4.69, 9.17) is 4.74 Å². The minimum Gasteiger partial charge on any atom is -0.479 e. The predicted molar refractivity (Wildman–Crippen MR) is 114 cm³/mol. The monoisotopic (exact) mass is 402 g/mol. The average Bonchev–Trinajstić information content (AvgIpc) is 2.56. The van der Waals surface area contributed by atoms with Crippen LogP contribution >= 0.6 is 0 Å². The summed E-state index contributed by atoms with van der Waals surface area (Å²) in [5.74, 6) is -0.0108. The lowest BCUT2D eigenvalue weighted by atomic mass is 9.82. The van der Waals surface area contributed by atoms with Gasteiger partial charge in [-0.15, -0.1) is 0 Å². The summed E-state index contributed by atoms with van der Waals surface area (Å²) in [6, 6.07) is 5.07. The molecule has 0 fully saturated rings. The number of hydrogen-bond acceptors (Lipinski definition) is 4. The number of ether oxygens (including phenoxy) is 1. The van der Waals surface area contributed by atoms with E-state index in [0.717, 1.165) is 12.8 Å². The van der Waals surface area contributed by atoms with E-state index in [2.05, 4.69) is 26.1 Å². The van der Waals surface area contributed by atoms with Gasteiger partial charge in [0, 0.05) is 17.5 Å². The Kier molecular flexibility index (Phi) is 6.76. The largest absolute Gasteiger partial charge is 0.479 e. The van der Waals surface area contributed by atoms with Gasteiger partial charge in [-0.1, -0.05) is 27.7 Å². The van der Waals surface area contributed by atoms with Crippen molar-refractivity contribution < 1.29 is 19.1 Å². The van der Waals surface area contributed by atoms with Gasteiger partial charge in [-0.05, 0) is 57.2 Å². The van der Waals surface area contributed by atoms with Crippen LogP contribution in [0.3, 0.4) is 0 Å². The number of nitrogens with one attached hydrogen (secondary N) is 1. The predicted octanol–water partition coefficient (Wildman–Crippen LogP) is 4.11. The van der Waals surface area contributed by atoms with E-state index in [1.807, 2.05) is 20.8 Å². The lowest BCUT2D eigenvalue weighted by Crippen LogP contribution is -2.53. The second kappa shape index (κ2) is 8.56. The Morgan fingerprint density at radius 2 is 1.83 bits per heavy atom. The van der Waals surface area contributed by atoms with Gasteiger partial charge in [0.2, 0.25) is 5.91 Å². The van der Waals surface area contributed by atoms with Crippen LogP contribution in [0, 0.1) is 5.41 Å². The van der Waals surface area contributed by atoms with Crippen LogP contribution in [0.5, 0.6) is 5.75 Å². The molecule has 1 heterocycles. The molecule has 1 aromatic rings. The quantitative estimate of drug-likeness (QED) is 0.696. The standard InChI is InChI=1S/C23H34N2O4/c1-8-9-18(26)16-10-11-19-17(12-16)25(21(28)15(2)29-19)13-20(27)24-23(6,7)14-22(3,4)5/h10-12,15H,8-9,13-14H2,1-7H3,(H,24,27). The zero-order valence-corrected chi connectivity index (χ0v) is 18.7. The zero-order valence-electron chi connectivity index (χ0n) is 18.7. The highest BCUT2D eigenvalue weighted by molar-refractivity contribution is 6.05. The Morgan fingerprint density at radius 1 is 1.17 bits per heavy atom. The molecule has 0 radical (unpaired) electrons. The maximum Gasteiger partial charge on any atom is 0.268 e. The maximum atomic E-state index is 12.8. The first-order valence-electron chi connectivity index (χ1n) is 10.3. The van der Waals surface area contributed by atoms with Crippen molar-refractivity contribution >= 4 is 23.3 Å². The molecule has 6 nitrogen and oxygen atoms in total. The Bertz CT molecular complexity index is 793. The average molecular weight is 403 g/mol. The number of hydrogen-bond donors (Lipinski definition) is 1. The molecule has 0 spiro atoms. The molecule has 1 atom stereocenters. The van der Waals surface area contributed by atoms with Gasteiger partial charge in [-0.25, -0.2) is 0 Å². The normalized spacial score (nSPS) is 16.9. The second-order valence-corrected chi connectivity index (χ2v) is 9.71. The number of carbonyl (C=O) groups excluding carboxylic acids is 3. The van der Waals surface area contributed by atoms with Crippen LogP contribution in [0.2, 0.25) is 0 Å². The van der Waals surface area contributed by atoms with Gasteiger partial charge in [0.15, 0.2) is 11.9 Å². The molecule has 6 heteroatoms. The van der Waals surface area contributed by atoms with Crippen molar-refractivity contribution in [1.29, 1.82) is 0 Å². The fourth-order valence-electron chi connectivity index (χ4n) is 4.05. The van der Waals surface area contributed by atoms with Gasteiger partial charge in [0.25, 0.3) is 5.91 Å². The van der Waals surface area contributed by atoms with Crippen LogP contribution in [0.1, 0.15) is 78.1 Å². The summed E-state index contributed by atoms with van der Waals surface area (Å²) in [4.78, 5) is 39.3. The highest BCUT2D eigenvalue weighted by Crippen LogP contribution is 2.35. The number of anilines is 1. The van der Waals surface area contributed by atoms with Crippen molar-refractivity contribution in [3.8, 4) is 5.75 Å². The Balaban J connectivity index is 2.26. The van der Waals surface area contributed by atoms with E-state index in [1.54, 1.807) is 25.1 Å². The third kappa shape index (κ3) is 6.05. The molecule has 1 aliphatic heterocycles. The number of rotatable bonds is 7. The summed E-state index contributed by atoms with van der Waals surface area (Å²) in [7, 11) is 0. The third-order valence-electron chi connectivity index (χ3n) is 4.72. The first kappa shape index (κ1) is 22.9. The third-order valence-corrected chi connectivity index (χ3v) is 4.72. The number of Topliss-reactive ketones (excluding diaryl/α,β-unsaturated/α-hetero) is 1. The highest BCUT2D eigenvalue weighted by atomic mass is 16.5. The van der Waals surface area contributed by atoms with Crippen molar-refractivity contribution in [2.45, 2.75) is 79.4 Å². The van der Waals surface area contributed by atoms with Crippen LogP contribution < -0.4 is 15.0 Å². The maximum absolute atomic E-state index is 12.8. The van der Waals surface area contributed by atoms with Crippen molar-refractivity contribution in [1.82, 2.24) is 5.32 Å². The molecule has 0 aliphatic carbocycles. The summed E-state index contributed by atoms with van der Waals surface area (Å²) in [6.45, 7) is 13.8. The molecule has 0 saturated heterocycles. The summed E-state index contributed by atoms with van der Waals surface area (Å²) in [6.07, 6.45) is 1.30. The molecule has 2 rings (SSSR count). The molecule has 0 aromatic heterocycles. The van der Waals surface area contributed by atoms with Gasteiger partial charge in [0.05, 0.1) is 5.69 Å². The van der Waals surface area contributed by atoms with Gasteiger partial charge in [-0.2, -0.15) is 0 Å². The molecule has 1 N–H and O–H groups in total. The summed E-state index contributed by atoms with van der Waals surface area (Å²) >= 11 is 0. The van der Waals surface area contributed by atoms with Crippen LogP contribution in [-0.2, 0) is 9.59 Å². The van der Waals surface area contributed by atoms with Crippen molar-refractivity contribution in [3.63, 3.8) is 0 Å². The minimum absolute atomic E-state index is 0.0112. The van der Waals surface area contributed by atoms with Crippen molar-refractivity contribution in [3.05, 3.63) is 23.8 Å². The molecule has 0 bridgehead atoms. The van der Waals surface area contributed by atoms with Crippen LogP contribution in [-0.4, -0.2) is 35.8 Å². The minimum atomic E-state index is -0.685. The molecule has 29 heavy (non-hydrogen) atoms. The molecule has 2 amide bonds. The number of amides is 2. The number of ketones is 1. The number of benzene rings is 1. The molecule has 1 aromatic carbocycles. The Labute approximate surface area is 174 Å². The van der Waals surface area contributed by atoms with Gasteiger partial charge >= 0.3 is 0 Å². The molecule has 1 unspecified atom stereocenters. The SMILES string of the molecule is CCCC(=O)c1ccc2c(c1)N(CC(=O)NC(C)(C)CC(C)(C)C)C(=O)C(C)O2. The first-order chi connectivity index (χ1) is 13.3. The molecule has 160 valence electrons. The topological polar surface area (TPSA) is 75.7 Å². The fraction of sp³-hybridized carbons (Fsp3) is 0.609. The van der Waals surface area contributed by atoms with E-state index in [9.17, 15) is 14.4 Å². The second-order valence-electron chi connectivity index (χ2n) is 9.71. The van der Waals surface area contributed by atoms with Crippen molar-refractivity contribution in [2.75, 3.05) is 11.4 Å². The number of fused-ring (bicyclic) bond motifs is 1. The zero-order chi connectivity index (χ0) is 22.0.